The first-order chi connectivity index (χ1) is 17.5. The number of hydrogen-bond acceptors (Lipinski definition) is 7. The van der Waals surface area contributed by atoms with Crippen molar-refractivity contribution in [3.05, 3.63) is 59.4 Å². The van der Waals surface area contributed by atoms with E-state index in [4.69, 9.17) is 15.0 Å². The number of anilines is 4. The van der Waals surface area contributed by atoms with Crippen molar-refractivity contribution in [2.24, 2.45) is 0 Å². The molecule has 0 spiro atoms. The third-order valence-electron chi connectivity index (χ3n) is 7.07. The van der Waals surface area contributed by atoms with Crippen LogP contribution in [0, 0.1) is 6.92 Å². The summed E-state index contributed by atoms with van der Waals surface area (Å²) in [5.74, 6) is 2.14. The number of piperidine rings is 1. The highest BCUT2D eigenvalue weighted by atomic mass is 16.3. The second-order valence-electron chi connectivity index (χ2n) is 9.88. The van der Waals surface area contributed by atoms with E-state index < -0.39 is 0 Å². The van der Waals surface area contributed by atoms with Gasteiger partial charge in [-0.25, -0.2) is 0 Å². The number of hydrogen-bond donors (Lipinski definition) is 3. The van der Waals surface area contributed by atoms with Crippen molar-refractivity contribution >= 4 is 29.2 Å². The van der Waals surface area contributed by atoms with Crippen molar-refractivity contribution in [3.63, 3.8) is 0 Å². The average molecular weight is 487 g/mol. The van der Waals surface area contributed by atoms with Gasteiger partial charge in [-0.3, -0.25) is 4.79 Å². The van der Waals surface area contributed by atoms with Gasteiger partial charge in [0.05, 0.1) is 5.69 Å². The quantitative estimate of drug-likeness (QED) is 0.372. The highest BCUT2D eigenvalue weighted by Crippen LogP contribution is 2.33. The summed E-state index contributed by atoms with van der Waals surface area (Å²) in [7, 11) is 0. The Bertz CT molecular complexity index is 1160. The van der Waals surface area contributed by atoms with Gasteiger partial charge in [0.15, 0.2) is 0 Å². The zero-order valence-corrected chi connectivity index (χ0v) is 20.8. The third kappa shape index (κ3) is 5.75. The number of nitrogens with one attached hydrogen (secondary N) is 2. The van der Waals surface area contributed by atoms with Crippen LogP contribution in [0.2, 0.25) is 0 Å². The van der Waals surface area contributed by atoms with Crippen LogP contribution in [0.25, 0.3) is 0 Å². The first-order valence-electron chi connectivity index (χ1n) is 13.0. The Kier molecular flexibility index (Phi) is 7.30. The molecule has 2 heterocycles. The number of aryl methyl sites for hydroxylation is 1. The summed E-state index contributed by atoms with van der Waals surface area (Å²) >= 11 is 0. The molecule has 1 saturated carbocycles. The van der Waals surface area contributed by atoms with E-state index in [-0.39, 0.29) is 11.7 Å². The van der Waals surface area contributed by atoms with Crippen LogP contribution in [0.1, 0.15) is 79.0 Å². The van der Waals surface area contributed by atoms with Crippen LogP contribution in [-0.4, -0.2) is 39.1 Å². The molecule has 1 aliphatic carbocycles. The van der Waals surface area contributed by atoms with E-state index >= 15 is 0 Å². The molecule has 0 atom stereocenters. The van der Waals surface area contributed by atoms with Gasteiger partial charge in [-0.1, -0.05) is 37.0 Å². The largest absolute Gasteiger partial charge is 0.506 e. The van der Waals surface area contributed by atoms with Gasteiger partial charge in [-0.15, -0.1) is 0 Å². The summed E-state index contributed by atoms with van der Waals surface area (Å²) in [4.78, 5) is 29.2. The van der Waals surface area contributed by atoms with Crippen LogP contribution >= 0.6 is 0 Å². The van der Waals surface area contributed by atoms with Crippen LogP contribution in [0.3, 0.4) is 0 Å². The van der Waals surface area contributed by atoms with Crippen molar-refractivity contribution in [1.82, 2.24) is 15.0 Å². The van der Waals surface area contributed by atoms with Crippen molar-refractivity contribution in [1.29, 1.82) is 0 Å². The molecule has 2 fully saturated rings. The van der Waals surface area contributed by atoms with Gasteiger partial charge in [0.2, 0.25) is 11.9 Å². The first kappa shape index (κ1) is 24.0. The number of carbonyl (C=O) groups excluding carboxylic acids is 1. The minimum absolute atomic E-state index is 0.0294. The van der Waals surface area contributed by atoms with E-state index in [0.717, 1.165) is 56.1 Å². The average Bonchev–Trinajstić information content (AvgIpc) is 2.91. The molecule has 0 bridgehead atoms. The lowest BCUT2D eigenvalue weighted by molar-refractivity contribution is 0.102. The predicted octanol–water partition coefficient (Wildman–Crippen LogP) is 5.92. The van der Waals surface area contributed by atoms with E-state index in [1.807, 2.05) is 19.1 Å². The number of phenolic OH excluding ortho intramolecular Hbond substituents is 1. The molecule has 36 heavy (non-hydrogen) atoms. The van der Waals surface area contributed by atoms with Crippen molar-refractivity contribution in [3.8, 4) is 5.75 Å². The molecule has 1 aromatic heterocycles. The monoisotopic (exact) mass is 486 g/mol. The third-order valence-corrected chi connectivity index (χ3v) is 7.07. The molecular formula is C28H34N6O2. The summed E-state index contributed by atoms with van der Waals surface area (Å²) in [5.41, 5.74) is 2.61. The molecule has 8 heteroatoms. The fourth-order valence-electron chi connectivity index (χ4n) is 4.96. The predicted molar refractivity (Wildman–Crippen MR) is 142 cm³/mol. The van der Waals surface area contributed by atoms with E-state index in [0.29, 0.717) is 28.8 Å². The van der Waals surface area contributed by atoms with Crippen molar-refractivity contribution in [2.45, 2.75) is 64.2 Å². The molecule has 3 N–H and O–H groups in total. The maximum atomic E-state index is 12.6. The SMILES string of the molecule is Cc1ccc(C(=O)Nc2ccc(Nc3nc(C4CCCCC4)nc(N4CCCCC4)n3)cc2O)cc1. The molecule has 2 aliphatic rings. The molecule has 0 unspecified atom stereocenters. The maximum Gasteiger partial charge on any atom is 0.255 e. The lowest BCUT2D eigenvalue weighted by Crippen LogP contribution is -2.31. The number of aromatic nitrogens is 3. The van der Waals surface area contributed by atoms with Crippen molar-refractivity contribution < 1.29 is 9.90 Å². The second kappa shape index (κ2) is 10.9. The molecule has 5 rings (SSSR count). The summed E-state index contributed by atoms with van der Waals surface area (Å²) < 4.78 is 0. The fraction of sp³-hybridized carbons (Fsp3) is 0.429. The van der Waals surface area contributed by atoms with E-state index in [1.165, 1.54) is 25.7 Å². The molecule has 1 amide bonds. The minimum atomic E-state index is -0.272. The van der Waals surface area contributed by atoms with Gasteiger partial charge in [0.1, 0.15) is 11.6 Å². The van der Waals surface area contributed by atoms with Gasteiger partial charge >= 0.3 is 0 Å². The number of amides is 1. The number of carbonyl (C=O) groups is 1. The van der Waals surface area contributed by atoms with Crippen LogP contribution in [0.15, 0.2) is 42.5 Å². The number of nitrogens with zero attached hydrogens (tertiary/aromatic N) is 4. The number of phenols is 1. The van der Waals surface area contributed by atoms with Gasteiger partial charge in [-0.05, 0) is 63.3 Å². The van der Waals surface area contributed by atoms with Gasteiger partial charge in [0, 0.05) is 36.3 Å². The van der Waals surface area contributed by atoms with Crippen molar-refractivity contribution in [2.75, 3.05) is 28.6 Å². The number of benzene rings is 2. The van der Waals surface area contributed by atoms with Crippen LogP contribution < -0.4 is 15.5 Å². The van der Waals surface area contributed by atoms with Gasteiger partial charge in [0.25, 0.3) is 5.91 Å². The lowest BCUT2D eigenvalue weighted by Gasteiger charge is -2.28. The Morgan fingerprint density at radius 3 is 2.36 bits per heavy atom. The van der Waals surface area contributed by atoms with E-state index in [2.05, 4.69) is 15.5 Å². The summed E-state index contributed by atoms with van der Waals surface area (Å²) in [5, 5.41) is 16.6. The Morgan fingerprint density at radius 1 is 0.917 bits per heavy atom. The van der Waals surface area contributed by atoms with Crippen LogP contribution in [0.5, 0.6) is 5.75 Å². The summed E-state index contributed by atoms with van der Waals surface area (Å²) in [6.07, 6.45) is 9.46. The Balaban J connectivity index is 1.35. The summed E-state index contributed by atoms with van der Waals surface area (Å²) in [6, 6.07) is 12.4. The van der Waals surface area contributed by atoms with Gasteiger partial charge < -0.3 is 20.6 Å². The van der Waals surface area contributed by atoms with Crippen LogP contribution in [-0.2, 0) is 0 Å². The Labute approximate surface area is 212 Å². The number of aromatic hydroxyl groups is 1. The highest BCUT2D eigenvalue weighted by molar-refractivity contribution is 6.05. The smallest absolute Gasteiger partial charge is 0.255 e. The van der Waals surface area contributed by atoms with Crippen LogP contribution in [0.4, 0.5) is 23.3 Å². The Hall–Kier alpha value is -3.68. The molecule has 2 aromatic carbocycles. The standard InChI is InChI=1S/C28H34N6O2/c1-19-10-12-21(13-11-19)26(36)30-23-15-14-22(18-24(23)35)29-27-31-25(20-8-4-2-5-9-20)32-28(33-27)34-16-6-3-7-17-34/h10-15,18,20,35H,2-9,16-17H2,1H3,(H,30,36)(H,29,31,32,33). The second-order valence-corrected chi connectivity index (χ2v) is 9.88. The Morgan fingerprint density at radius 2 is 1.64 bits per heavy atom. The zero-order chi connectivity index (χ0) is 24.9. The van der Waals surface area contributed by atoms with E-state index in [1.54, 1.807) is 30.3 Å². The van der Waals surface area contributed by atoms with E-state index in [9.17, 15) is 9.90 Å². The molecule has 0 radical (unpaired) electrons. The molecule has 8 nitrogen and oxygen atoms in total. The molecule has 3 aromatic rings. The normalized spacial score (nSPS) is 16.5. The first-order valence-corrected chi connectivity index (χ1v) is 13.0. The molecular weight excluding hydrogens is 452 g/mol. The highest BCUT2D eigenvalue weighted by Gasteiger charge is 2.23. The molecule has 188 valence electrons. The zero-order valence-electron chi connectivity index (χ0n) is 20.8. The topological polar surface area (TPSA) is 103 Å². The minimum Gasteiger partial charge on any atom is -0.506 e. The van der Waals surface area contributed by atoms with Gasteiger partial charge in [-0.2, -0.15) is 15.0 Å². The summed E-state index contributed by atoms with van der Waals surface area (Å²) in [6.45, 7) is 3.90. The number of rotatable bonds is 6. The lowest BCUT2D eigenvalue weighted by atomic mass is 9.89. The fourth-order valence-corrected chi connectivity index (χ4v) is 4.96. The molecule has 1 aliphatic heterocycles. The molecule has 1 saturated heterocycles. The maximum absolute atomic E-state index is 12.6.